The molecule has 2 aromatic rings. The van der Waals surface area contributed by atoms with E-state index in [2.05, 4.69) is 0 Å². The van der Waals surface area contributed by atoms with Gasteiger partial charge >= 0.3 is 6.09 Å². The molecule has 0 spiro atoms. The molecule has 8 heteroatoms. The lowest BCUT2D eigenvalue weighted by Gasteiger charge is -2.34. The van der Waals surface area contributed by atoms with Crippen LogP contribution in [0.5, 0.6) is 23.0 Å². The van der Waals surface area contributed by atoms with Crippen molar-refractivity contribution in [2.75, 3.05) is 39.6 Å². The number of carbonyl (C=O) groups excluding carboxylic acids is 2. The molecule has 2 amide bonds. The summed E-state index contributed by atoms with van der Waals surface area (Å²) in [6.45, 7) is 4.23. The van der Waals surface area contributed by atoms with Gasteiger partial charge in [-0.15, -0.1) is 0 Å². The third-order valence-electron chi connectivity index (χ3n) is 4.77. The van der Waals surface area contributed by atoms with Crippen molar-refractivity contribution in [1.82, 2.24) is 9.80 Å². The SMILES string of the molecule is CCOC(=O)N1CCN(C(=O)c2ccc(Oc3ccc4c(c3)OCO4)cc2)CC1. The molecule has 0 unspecified atom stereocenters. The molecule has 1 fully saturated rings. The van der Waals surface area contributed by atoms with Crippen LogP contribution in [0.3, 0.4) is 0 Å². The Morgan fingerprint density at radius 3 is 2.28 bits per heavy atom. The molecule has 2 aromatic carbocycles. The van der Waals surface area contributed by atoms with Gasteiger partial charge in [-0.2, -0.15) is 0 Å². The first kappa shape index (κ1) is 18.9. The quantitative estimate of drug-likeness (QED) is 0.788. The monoisotopic (exact) mass is 398 g/mol. The largest absolute Gasteiger partial charge is 0.457 e. The third-order valence-corrected chi connectivity index (χ3v) is 4.77. The minimum atomic E-state index is -0.329. The van der Waals surface area contributed by atoms with Crippen molar-refractivity contribution in [1.29, 1.82) is 0 Å². The zero-order valence-electron chi connectivity index (χ0n) is 16.1. The summed E-state index contributed by atoms with van der Waals surface area (Å²) in [7, 11) is 0. The summed E-state index contributed by atoms with van der Waals surface area (Å²) in [4.78, 5) is 27.8. The van der Waals surface area contributed by atoms with Gasteiger partial charge in [0.2, 0.25) is 6.79 Å². The first-order chi connectivity index (χ1) is 14.1. The second kappa shape index (κ2) is 8.30. The fourth-order valence-corrected chi connectivity index (χ4v) is 3.23. The lowest BCUT2D eigenvalue weighted by molar-refractivity contribution is 0.0570. The summed E-state index contributed by atoms with van der Waals surface area (Å²) in [6.07, 6.45) is -0.329. The predicted molar refractivity (Wildman–Crippen MR) is 104 cm³/mol. The van der Waals surface area contributed by atoms with Crippen LogP contribution in [-0.2, 0) is 4.74 Å². The fourth-order valence-electron chi connectivity index (χ4n) is 3.23. The summed E-state index contributed by atoms with van der Waals surface area (Å²) in [5.41, 5.74) is 0.577. The van der Waals surface area contributed by atoms with Gasteiger partial charge in [-0.1, -0.05) is 0 Å². The summed E-state index contributed by atoms with van der Waals surface area (Å²) in [5.74, 6) is 2.52. The van der Waals surface area contributed by atoms with Crippen molar-refractivity contribution >= 4 is 12.0 Å². The minimum Gasteiger partial charge on any atom is -0.457 e. The number of ether oxygens (including phenoxy) is 4. The number of carbonyl (C=O) groups is 2. The predicted octanol–water partition coefficient (Wildman–Crippen LogP) is 3.12. The molecule has 0 bridgehead atoms. The van der Waals surface area contributed by atoms with Gasteiger partial charge < -0.3 is 28.7 Å². The third kappa shape index (κ3) is 4.21. The molecule has 1 saturated heterocycles. The number of rotatable bonds is 4. The van der Waals surface area contributed by atoms with Crippen LogP contribution < -0.4 is 14.2 Å². The average Bonchev–Trinajstić information content (AvgIpc) is 3.22. The van der Waals surface area contributed by atoms with E-state index in [1.54, 1.807) is 59.2 Å². The molecule has 0 radical (unpaired) electrons. The Morgan fingerprint density at radius 1 is 0.897 bits per heavy atom. The Kier molecular flexibility index (Phi) is 5.41. The second-order valence-electron chi connectivity index (χ2n) is 6.62. The van der Waals surface area contributed by atoms with Crippen molar-refractivity contribution in [2.45, 2.75) is 6.92 Å². The maximum Gasteiger partial charge on any atom is 0.409 e. The average molecular weight is 398 g/mol. The molecule has 0 atom stereocenters. The van der Waals surface area contributed by atoms with Gasteiger partial charge in [-0.25, -0.2) is 4.79 Å². The van der Waals surface area contributed by atoms with Crippen LogP contribution >= 0.6 is 0 Å². The molecule has 2 heterocycles. The van der Waals surface area contributed by atoms with Crippen LogP contribution in [0, 0.1) is 0 Å². The maximum absolute atomic E-state index is 12.7. The molecule has 2 aliphatic rings. The highest BCUT2D eigenvalue weighted by Crippen LogP contribution is 2.36. The summed E-state index contributed by atoms with van der Waals surface area (Å²) >= 11 is 0. The number of benzene rings is 2. The van der Waals surface area contributed by atoms with E-state index in [1.807, 2.05) is 0 Å². The van der Waals surface area contributed by atoms with E-state index in [4.69, 9.17) is 18.9 Å². The Hall–Kier alpha value is -3.42. The standard InChI is InChI=1S/C21H22N2O6/c1-2-26-21(25)23-11-9-22(10-12-23)20(24)15-3-5-16(6-4-15)29-17-7-8-18-19(13-17)28-14-27-18/h3-8,13H,2,9-12,14H2,1H3. The second-order valence-corrected chi connectivity index (χ2v) is 6.62. The first-order valence-corrected chi connectivity index (χ1v) is 9.52. The minimum absolute atomic E-state index is 0.0665. The van der Waals surface area contributed by atoms with Crippen LogP contribution in [0.15, 0.2) is 42.5 Å². The molecular weight excluding hydrogens is 376 g/mol. The molecular formula is C21H22N2O6. The zero-order valence-corrected chi connectivity index (χ0v) is 16.1. The number of hydrogen-bond acceptors (Lipinski definition) is 6. The number of nitrogens with zero attached hydrogens (tertiary/aromatic N) is 2. The van der Waals surface area contributed by atoms with Crippen LogP contribution in [0.4, 0.5) is 4.79 Å². The Morgan fingerprint density at radius 2 is 1.55 bits per heavy atom. The van der Waals surface area contributed by atoms with Crippen LogP contribution in [0.1, 0.15) is 17.3 Å². The van der Waals surface area contributed by atoms with Crippen LogP contribution in [-0.4, -0.2) is 61.4 Å². The van der Waals surface area contributed by atoms with E-state index in [0.717, 1.165) is 0 Å². The van der Waals surface area contributed by atoms with Crippen LogP contribution in [0.2, 0.25) is 0 Å². The summed E-state index contributed by atoms with van der Waals surface area (Å²) in [5, 5.41) is 0. The highest BCUT2D eigenvalue weighted by molar-refractivity contribution is 5.94. The Bertz CT molecular complexity index is 891. The van der Waals surface area contributed by atoms with Crippen molar-refractivity contribution in [3.63, 3.8) is 0 Å². The number of amides is 2. The Labute approximate surface area is 168 Å². The number of hydrogen-bond donors (Lipinski definition) is 0. The van der Waals surface area contributed by atoms with E-state index in [0.29, 0.717) is 61.3 Å². The van der Waals surface area contributed by atoms with Gasteiger partial charge in [0.05, 0.1) is 6.61 Å². The normalized spacial score (nSPS) is 15.2. The molecule has 29 heavy (non-hydrogen) atoms. The highest BCUT2D eigenvalue weighted by atomic mass is 16.7. The zero-order chi connectivity index (χ0) is 20.2. The van der Waals surface area contributed by atoms with Crippen molar-refractivity contribution in [3.05, 3.63) is 48.0 Å². The van der Waals surface area contributed by atoms with E-state index in [-0.39, 0.29) is 18.8 Å². The van der Waals surface area contributed by atoms with Crippen molar-refractivity contribution in [3.8, 4) is 23.0 Å². The van der Waals surface area contributed by atoms with Gasteiger partial charge in [0.1, 0.15) is 11.5 Å². The van der Waals surface area contributed by atoms with E-state index in [1.165, 1.54) is 0 Å². The van der Waals surface area contributed by atoms with E-state index >= 15 is 0 Å². The molecule has 0 N–H and O–H groups in total. The molecule has 0 saturated carbocycles. The van der Waals surface area contributed by atoms with Gasteiger partial charge in [-0.3, -0.25) is 4.79 Å². The topological polar surface area (TPSA) is 77.5 Å². The van der Waals surface area contributed by atoms with E-state index < -0.39 is 0 Å². The molecule has 8 nitrogen and oxygen atoms in total. The van der Waals surface area contributed by atoms with Gasteiger partial charge in [-0.05, 0) is 43.3 Å². The molecule has 2 aliphatic heterocycles. The summed E-state index contributed by atoms with van der Waals surface area (Å²) < 4.78 is 21.5. The molecule has 152 valence electrons. The maximum atomic E-state index is 12.7. The molecule has 4 rings (SSSR count). The molecule has 0 aliphatic carbocycles. The van der Waals surface area contributed by atoms with Gasteiger partial charge in [0.25, 0.3) is 5.91 Å². The number of fused-ring (bicyclic) bond motifs is 1. The lowest BCUT2D eigenvalue weighted by atomic mass is 10.1. The lowest BCUT2D eigenvalue weighted by Crippen LogP contribution is -2.50. The highest BCUT2D eigenvalue weighted by Gasteiger charge is 2.25. The van der Waals surface area contributed by atoms with Crippen molar-refractivity contribution < 1.29 is 28.5 Å². The number of piperazine rings is 1. The van der Waals surface area contributed by atoms with Gasteiger partial charge in [0.15, 0.2) is 11.5 Å². The van der Waals surface area contributed by atoms with E-state index in [9.17, 15) is 9.59 Å². The summed E-state index contributed by atoms with van der Waals surface area (Å²) in [6, 6.07) is 12.4. The molecule has 0 aromatic heterocycles. The fraction of sp³-hybridized carbons (Fsp3) is 0.333. The van der Waals surface area contributed by atoms with Crippen LogP contribution in [0.25, 0.3) is 0 Å². The smallest absolute Gasteiger partial charge is 0.409 e. The van der Waals surface area contributed by atoms with Crippen molar-refractivity contribution in [2.24, 2.45) is 0 Å². The Balaban J connectivity index is 1.34. The van der Waals surface area contributed by atoms with Gasteiger partial charge in [0, 0.05) is 37.8 Å². The first-order valence-electron chi connectivity index (χ1n) is 9.52.